The molecule has 1 aliphatic rings. The monoisotopic (exact) mass is 337 g/mol. The van der Waals surface area contributed by atoms with E-state index in [1.54, 1.807) is 6.07 Å². The Labute approximate surface area is 143 Å². The van der Waals surface area contributed by atoms with Crippen molar-refractivity contribution < 1.29 is 18.5 Å². The van der Waals surface area contributed by atoms with Crippen LogP contribution in [0.15, 0.2) is 57.7 Å². The number of benzene rings is 1. The zero-order valence-corrected chi connectivity index (χ0v) is 13.3. The van der Waals surface area contributed by atoms with E-state index in [0.29, 0.717) is 24.7 Å². The second-order valence-electron chi connectivity index (χ2n) is 5.79. The SMILES string of the molecule is O=C(C(=O)N1CCC[C@H]1c1nc(-c2ccccc2)no1)c1ccco1. The quantitative estimate of drug-likeness (QED) is 0.537. The number of carbonyl (C=O) groups excluding carboxylic acids is 2. The van der Waals surface area contributed by atoms with Crippen LogP contribution in [0.1, 0.15) is 35.3 Å². The van der Waals surface area contributed by atoms with Crippen LogP contribution in [0.25, 0.3) is 11.4 Å². The zero-order valence-electron chi connectivity index (χ0n) is 13.3. The van der Waals surface area contributed by atoms with E-state index in [-0.39, 0.29) is 5.76 Å². The topological polar surface area (TPSA) is 89.4 Å². The molecule has 0 aliphatic carbocycles. The maximum absolute atomic E-state index is 12.5. The molecule has 0 N–H and O–H groups in total. The summed E-state index contributed by atoms with van der Waals surface area (Å²) in [4.78, 5) is 30.7. The second-order valence-corrected chi connectivity index (χ2v) is 5.79. The maximum Gasteiger partial charge on any atom is 0.299 e. The van der Waals surface area contributed by atoms with E-state index < -0.39 is 17.7 Å². The van der Waals surface area contributed by atoms with Gasteiger partial charge in [0, 0.05) is 12.1 Å². The summed E-state index contributed by atoms with van der Waals surface area (Å²) in [6.45, 7) is 0.471. The molecule has 0 saturated carbocycles. The first-order valence-electron chi connectivity index (χ1n) is 8.02. The van der Waals surface area contributed by atoms with Crippen LogP contribution in [0.4, 0.5) is 0 Å². The lowest BCUT2D eigenvalue weighted by Gasteiger charge is -2.20. The highest BCUT2D eigenvalue weighted by atomic mass is 16.5. The number of likely N-dealkylation sites (tertiary alicyclic amines) is 1. The number of ketones is 1. The molecule has 1 fully saturated rings. The highest BCUT2D eigenvalue weighted by molar-refractivity contribution is 6.42. The number of furan rings is 1. The van der Waals surface area contributed by atoms with Crippen LogP contribution in [-0.2, 0) is 4.79 Å². The van der Waals surface area contributed by atoms with Crippen molar-refractivity contribution in [1.29, 1.82) is 0 Å². The molecule has 0 radical (unpaired) electrons. The molecule has 0 unspecified atom stereocenters. The number of hydrogen-bond donors (Lipinski definition) is 0. The van der Waals surface area contributed by atoms with Crippen LogP contribution in [0, 0.1) is 0 Å². The van der Waals surface area contributed by atoms with Gasteiger partial charge in [0.2, 0.25) is 11.7 Å². The molecule has 1 atom stereocenters. The van der Waals surface area contributed by atoms with Gasteiger partial charge >= 0.3 is 0 Å². The first-order chi connectivity index (χ1) is 12.2. The van der Waals surface area contributed by atoms with E-state index in [9.17, 15) is 9.59 Å². The molecule has 7 nitrogen and oxygen atoms in total. The summed E-state index contributed by atoms with van der Waals surface area (Å²) < 4.78 is 10.4. The molecule has 1 aromatic carbocycles. The minimum atomic E-state index is -0.667. The van der Waals surface area contributed by atoms with Crippen LogP contribution in [0.3, 0.4) is 0 Å². The van der Waals surface area contributed by atoms with E-state index in [2.05, 4.69) is 10.1 Å². The summed E-state index contributed by atoms with van der Waals surface area (Å²) in [5, 5.41) is 3.99. The standard InChI is InChI=1S/C18H15N3O4/c22-15(14-9-5-11-24-14)18(23)21-10-4-8-13(21)17-19-16(20-25-17)12-6-2-1-3-7-12/h1-3,5-7,9,11,13H,4,8,10H2/t13-/m0/s1. The fourth-order valence-electron chi connectivity index (χ4n) is 2.99. The molecule has 7 heteroatoms. The van der Waals surface area contributed by atoms with E-state index >= 15 is 0 Å². The highest BCUT2D eigenvalue weighted by Gasteiger charge is 2.37. The average molecular weight is 337 g/mol. The molecule has 2 aromatic heterocycles. The molecule has 0 spiro atoms. The first-order valence-corrected chi connectivity index (χ1v) is 8.02. The molecule has 25 heavy (non-hydrogen) atoms. The summed E-state index contributed by atoms with van der Waals surface area (Å²) in [7, 11) is 0. The number of Topliss-reactive ketones (excluding diaryl/α,β-unsaturated/α-hetero) is 1. The molecule has 1 saturated heterocycles. The van der Waals surface area contributed by atoms with Crippen molar-refractivity contribution in [3.05, 3.63) is 60.4 Å². The first kappa shape index (κ1) is 15.3. The van der Waals surface area contributed by atoms with Gasteiger partial charge in [0.25, 0.3) is 11.7 Å². The molecule has 126 valence electrons. The number of hydrogen-bond acceptors (Lipinski definition) is 6. The molecular formula is C18H15N3O4. The Hall–Kier alpha value is -3.22. The normalized spacial score (nSPS) is 17.0. The number of carbonyl (C=O) groups is 2. The molecule has 3 aromatic rings. The van der Waals surface area contributed by atoms with Gasteiger partial charge in [-0.2, -0.15) is 4.98 Å². The molecule has 3 heterocycles. The number of amides is 1. The number of rotatable bonds is 4. The Kier molecular flexibility index (Phi) is 3.89. The van der Waals surface area contributed by atoms with E-state index in [1.807, 2.05) is 30.3 Å². The van der Waals surface area contributed by atoms with Gasteiger partial charge in [-0.3, -0.25) is 9.59 Å². The fourth-order valence-corrected chi connectivity index (χ4v) is 2.99. The van der Waals surface area contributed by atoms with Crippen molar-refractivity contribution in [1.82, 2.24) is 15.0 Å². The van der Waals surface area contributed by atoms with Gasteiger partial charge in [-0.25, -0.2) is 0 Å². The summed E-state index contributed by atoms with van der Waals surface area (Å²) in [6, 6.07) is 12.1. The van der Waals surface area contributed by atoms with Gasteiger partial charge in [0.15, 0.2) is 5.76 Å². The van der Waals surface area contributed by atoms with Crippen LogP contribution in [-0.4, -0.2) is 33.3 Å². The molecule has 0 bridgehead atoms. The minimum Gasteiger partial charge on any atom is -0.461 e. The minimum absolute atomic E-state index is 0.0335. The van der Waals surface area contributed by atoms with Gasteiger partial charge in [-0.1, -0.05) is 35.5 Å². The molecule has 1 aliphatic heterocycles. The average Bonchev–Trinajstić information content (AvgIpc) is 3.42. The third-order valence-electron chi connectivity index (χ3n) is 4.21. The largest absolute Gasteiger partial charge is 0.461 e. The van der Waals surface area contributed by atoms with Gasteiger partial charge in [0.05, 0.1) is 6.26 Å². The van der Waals surface area contributed by atoms with Crippen LogP contribution in [0.5, 0.6) is 0 Å². The fraction of sp³-hybridized carbons (Fsp3) is 0.222. The van der Waals surface area contributed by atoms with Gasteiger partial charge < -0.3 is 13.8 Å². The van der Waals surface area contributed by atoms with Crippen molar-refractivity contribution in [2.24, 2.45) is 0 Å². The third-order valence-corrected chi connectivity index (χ3v) is 4.21. The van der Waals surface area contributed by atoms with Gasteiger partial charge in [-0.15, -0.1) is 0 Å². The maximum atomic E-state index is 12.5. The van der Waals surface area contributed by atoms with Crippen LogP contribution < -0.4 is 0 Å². The molecular weight excluding hydrogens is 322 g/mol. The summed E-state index contributed by atoms with van der Waals surface area (Å²) in [5.74, 6) is -0.438. The third kappa shape index (κ3) is 2.84. The highest BCUT2D eigenvalue weighted by Crippen LogP contribution is 2.32. The Morgan fingerprint density at radius 1 is 1.12 bits per heavy atom. The Morgan fingerprint density at radius 3 is 2.72 bits per heavy atom. The lowest BCUT2D eigenvalue weighted by atomic mass is 10.2. The number of nitrogens with zero attached hydrogens (tertiary/aromatic N) is 3. The smallest absolute Gasteiger partial charge is 0.299 e. The lowest BCUT2D eigenvalue weighted by Crippen LogP contribution is -2.36. The van der Waals surface area contributed by atoms with Crippen molar-refractivity contribution in [2.75, 3.05) is 6.54 Å². The molecule has 4 rings (SSSR count). The van der Waals surface area contributed by atoms with Crippen molar-refractivity contribution >= 4 is 11.7 Å². The van der Waals surface area contributed by atoms with Crippen molar-refractivity contribution in [3.63, 3.8) is 0 Å². The van der Waals surface area contributed by atoms with Crippen LogP contribution >= 0.6 is 0 Å². The van der Waals surface area contributed by atoms with Gasteiger partial charge in [-0.05, 0) is 25.0 Å². The summed E-state index contributed by atoms with van der Waals surface area (Å²) in [5.41, 5.74) is 0.833. The Morgan fingerprint density at radius 2 is 1.96 bits per heavy atom. The molecule has 1 amide bonds. The summed E-state index contributed by atoms with van der Waals surface area (Å²) in [6.07, 6.45) is 2.81. The Balaban J connectivity index is 1.57. The predicted molar refractivity (Wildman–Crippen MR) is 86.5 cm³/mol. The predicted octanol–water partition coefficient (Wildman–Crippen LogP) is 2.88. The van der Waals surface area contributed by atoms with E-state index in [0.717, 1.165) is 12.0 Å². The number of aromatic nitrogens is 2. The van der Waals surface area contributed by atoms with Gasteiger partial charge in [0.1, 0.15) is 6.04 Å². The van der Waals surface area contributed by atoms with Crippen LogP contribution in [0.2, 0.25) is 0 Å². The zero-order chi connectivity index (χ0) is 17.2. The van der Waals surface area contributed by atoms with Crippen molar-refractivity contribution in [2.45, 2.75) is 18.9 Å². The van der Waals surface area contributed by atoms with E-state index in [1.165, 1.54) is 17.2 Å². The van der Waals surface area contributed by atoms with Crippen molar-refractivity contribution in [3.8, 4) is 11.4 Å². The second kappa shape index (κ2) is 6.35. The Bertz CT molecular complexity index is 886. The van der Waals surface area contributed by atoms with E-state index in [4.69, 9.17) is 8.94 Å². The summed E-state index contributed by atoms with van der Waals surface area (Å²) >= 11 is 0. The lowest BCUT2D eigenvalue weighted by molar-refractivity contribution is -0.127.